The van der Waals surface area contributed by atoms with Crippen molar-refractivity contribution < 1.29 is 12.9 Å². The van der Waals surface area contributed by atoms with Crippen LogP contribution < -0.4 is 21.6 Å². The van der Waals surface area contributed by atoms with Gasteiger partial charge in [-0.1, -0.05) is 0 Å². The van der Waals surface area contributed by atoms with Crippen LogP contribution in [0.15, 0.2) is 23.1 Å². The van der Waals surface area contributed by atoms with Gasteiger partial charge in [0.05, 0.1) is 17.6 Å². The number of hydrogen-bond acceptors (Lipinski definition) is 8. The van der Waals surface area contributed by atoms with E-state index in [0.717, 1.165) is 36.6 Å². The van der Waals surface area contributed by atoms with E-state index in [1.165, 1.54) is 12.1 Å². The zero-order valence-electron chi connectivity index (χ0n) is 23.6. The summed E-state index contributed by atoms with van der Waals surface area (Å²) in [5.41, 5.74) is -0.713. The normalized spacial score (nSPS) is 20.9. The Morgan fingerprint density at radius 3 is 2.47 bits per heavy atom. The van der Waals surface area contributed by atoms with Crippen molar-refractivity contribution in [3.8, 4) is 5.69 Å². The van der Waals surface area contributed by atoms with E-state index in [9.17, 15) is 9.18 Å². The van der Waals surface area contributed by atoms with Gasteiger partial charge in [0.1, 0.15) is 5.82 Å². The molecule has 2 fully saturated rings. The molecule has 12 heteroatoms. The molecule has 5 rings (SSSR count). The van der Waals surface area contributed by atoms with Crippen molar-refractivity contribution in [2.24, 2.45) is 6.98 Å². The van der Waals surface area contributed by atoms with E-state index in [4.69, 9.17) is 4.11 Å². The molecule has 3 heterocycles. The van der Waals surface area contributed by atoms with Gasteiger partial charge in [0.2, 0.25) is 5.95 Å². The number of anilines is 3. The Labute approximate surface area is 211 Å². The number of aromatic nitrogens is 6. The molecule has 0 unspecified atom stereocenters. The van der Waals surface area contributed by atoms with Crippen molar-refractivity contribution in [3.63, 3.8) is 0 Å². The summed E-state index contributed by atoms with van der Waals surface area (Å²) in [6, 6.07) is 2.54. The Morgan fingerprint density at radius 2 is 1.83 bits per heavy atom. The molecule has 0 radical (unpaired) electrons. The molecule has 0 bridgehead atoms. The fourth-order valence-electron chi connectivity index (χ4n) is 5.24. The maximum Gasteiger partial charge on any atom is 0.368 e. The summed E-state index contributed by atoms with van der Waals surface area (Å²) in [4.78, 5) is 21.0. The van der Waals surface area contributed by atoms with Crippen molar-refractivity contribution in [1.29, 1.82) is 0 Å². The van der Waals surface area contributed by atoms with E-state index in [-0.39, 0.29) is 46.2 Å². The molecule has 1 saturated carbocycles. The van der Waals surface area contributed by atoms with Gasteiger partial charge in [0.25, 0.3) is 0 Å². The lowest BCUT2D eigenvalue weighted by molar-refractivity contribution is 0.170. The van der Waals surface area contributed by atoms with Crippen LogP contribution in [-0.2, 0) is 6.98 Å². The van der Waals surface area contributed by atoms with E-state index in [1.807, 2.05) is 0 Å². The van der Waals surface area contributed by atoms with Crippen LogP contribution in [0.25, 0.3) is 5.69 Å². The summed E-state index contributed by atoms with van der Waals surface area (Å²) in [7, 11) is 0. The molecular formula is C24H31F2N9O. The Hall–Kier alpha value is -3.41. The number of nitrogens with one attached hydrogen (secondary N) is 3. The first-order valence-electron chi connectivity index (χ1n) is 13.4. The molecule has 1 saturated heterocycles. The van der Waals surface area contributed by atoms with Crippen molar-refractivity contribution in [2.75, 3.05) is 10.6 Å². The Bertz CT molecular complexity index is 1450. The van der Waals surface area contributed by atoms with Crippen molar-refractivity contribution >= 4 is 17.5 Å². The fraction of sp³-hybridized carbons (Fsp3) is 0.542. The predicted octanol–water partition coefficient (Wildman–Crippen LogP) is 3.38. The second-order valence-electron chi connectivity index (χ2n) is 10.9. The lowest BCUT2D eigenvalue weighted by Crippen LogP contribution is -2.60. The summed E-state index contributed by atoms with van der Waals surface area (Å²) in [5, 5.41) is 16.7. The van der Waals surface area contributed by atoms with Crippen molar-refractivity contribution in [2.45, 2.75) is 76.4 Å². The number of hydrogen-bond donors (Lipinski definition) is 3. The zero-order valence-corrected chi connectivity index (χ0v) is 20.6. The minimum absolute atomic E-state index is 0.00437. The van der Waals surface area contributed by atoms with Gasteiger partial charge < -0.3 is 16.0 Å². The van der Waals surface area contributed by atoms with Gasteiger partial charge in [-0.25, -0.2) is 18.6 Å². The quantitative estimate of drug-likeness (QED) is 0.470. The highest BCUT2D eigenvalue weighted by Gasteiger charge is 2.38. The van der Waals surface area contributed by atoms with Crippen LogP contribution in [0, 0.1) is 11.6 Å². The lowest BCUT2D eigenvalue weighted by Gasteiger charge is -2.46. The summed E-state index contributed by atoms with van der Waals surface area (Å²) in [6.07, 6.45) is 4.05. The van der Waals surface area contributed by atoms with E-state index < -0.39 is 24.3 Å². The highest BCUT2D eigenvalue weighted by molar-refractivity contribution is 5.62. The smallest absolute Gasteiger partial charge is 0.365 e. The maximum atomic E-state index is 15.2. The van der Waals surface area contributed by atoms with Crippen LogP contribution in [0.1, 0.15) is 69.0 Å². The van der Waals surface area contributed by atoms with Crippen molar-refractivity contribution in [3.05, 3.63) is 46.0 Å². The van der Waals surface area contributed by atoms with E-state index in [0.29, 0.717) is 10.2 Å². The van der Waals surface area contributed by atoms with Crippen LogP contribution in [0.4, 0.5) is 26.2 Å². The number of nitrogens with zero attached hydrogens (tertiary/aromatic N) is 6. The molecule has 1 aliphatic carbocycles. The zero-order chi connectivity index (χ0) is 28.3. The molecule has 1 aromatic carbocycles. The lowest BCUT2D eigenvalue weighted by atomic mass is 9.79. The topological polar surface area (TPSA) is 115 Å². The van der Waals surface area contributed by atoms with Crippen LogP contribution in [0.5, 0.6) is 0 Å². The van der Waals surface area contributed by atoms with Gasteiger partial charge in [-0.15, -0.1) is 0 Å². The van der Waals surface area contributed by atoms with Crippen LogP contribution >= 0.6 is 0 Å². The van der Waals surface area contributed by atoms with Crippen LogP contribution in [-0.4, -0.2) is 46.9 Å². The average molecular weight is 503 g/mol. The Morgan fingerprint density at radius 1 is 1.11 bits per heavy atom. The molecule has 0 amide bonds. The third-order valence-corrected chi connectivity index (χ3v) is 6.46. The minimum atomic E-state index is -2.82. The number of halogens is 2. The van der Waals surface area contributed by atoms with Crippen LogP contribution in [0.3, 0.4) is 0 Å². The molecule has 192 valence electrons. The number of benzene rings is 1. The first-order valence-corrected chi connectivity index (χ1v) is 11.9. The summed E-state index contributed by atoms with van der Waals surface area (Å²) >= 11 is 0. The summed E-state index contributed by atoms with van der Waals surface area (Å²) in [6.45, 7) is 5.51. The van der Waals surface area contributed by atoms with Gasteiger partial charge >= 0.3 is 5.69 Å². The number of rotatable bonds is 6. The fourth-order valence-corrected chi connectivity index (χ4v) is 5.24. The number of piperidine rings is 1. The molecule has 0 spiro atoms. The molecule has 0 atom stereocenters. The number of tetrazole rings is 1. The molecule has 3 N–H and O–H groups in total. The van der Waals surface area contributed by atoms with Crippen molar-refractivity contribution in [1.82, 2.24) is 35.1 Å². The standard InChI is InChI=1S/C24H31F2N9O/c1-23(2)10-14(11-24(3,4)31-23)28-20-17(26)12-27-21(30-20)29-18-9-19(35-22(36)34(5)32-33-35)15(8-16(18)25)13-6-7-13/h8-9,12-14,31H,6-7,10-11H2,1-5H3,(H2,27,28,29,30)/i5D3. The predicted molar refractivity (Wildman–Crippen MR) is 132 cm³/mol. The average Bonchev–Trinajstić information content (AvgIpc) is 3.55. The van der Waals surface area contributed by atoms with Gasteiger partial charge in [0, 0.05) is 28.2 Å². The Kier molecular flexibility index (Phi) is 4.96. The van der Waals surface area contributed by atoms with E-state index in [1.54, 1.807) is 0 Å². The third kappa shape index (κ3) is 4.95. The molecule has 1 aliphatic heterocycles. The minimum Gasteiger partial charge on any atom is -0.365 e. The molecule has 10 nitrogen and oxygen atoms in total. The monoisotopic (exact) mass is 502 g/mol. The first-order chi connectivity index (χ1) is 18.1. The second-order valence-corrected chi connectivity index (χ2v) is 10.9. The summed E-state index contributed by atoms with van der Waals surface area (Å²) in [5.74, 6) is -1.36. The van der Waals surface area contributed by atoms with E-state index >= 15 is 4.39 Å². The molecule has 36 heavy (non-hydrogen) atoms. The molecular weight excluding hydrogens is 468 g/mol. The SMILES string of the molecule is [2H]C([2H])([2H])n1nnn(-c2cc(Nc3ncc(F)c(NC4CC(C)(C)NC(C)(C)C4)n3)c(F)cc2C2CC2)c1=O. The molecule has 2 aromatic heterocycles. The Balaban J connectivity index is 1.46. The highest BCUT2D eigenvalue weighted by Crippen LogP contribution is 2.44. The third-order valence-electron chi connectivity index (χ3n) is 6.46. The van der Waals surface area contributed by atoms with Gasteiger partial charge in [-0.2, -0.15) is 14.3 Å². The van der Waals surface area contributed by atoms with Gasteiger partial charge in [-0.05, 0) is 87.4 Å². The van der Waals surface area contributed by atoms with Gasteiger partial charge in [0.15, 0.2) is 11.6 Å². The molecule has 2 aliphatic rings. The van der Waals surface area contributed by atoms with E-state index in [2.05, 4.69) is 64.0 Å². The highest BCUT2D eigenvalue weighted by atomic mass is 19.1. The number of aryl methyl sites for hydroxylation is 1. The first kappa shape index (κ1) is 20.7. The second kappa shape index (κ2) is 8.61. The van der Waals surface area contributed by atoms with Gasteiger partial charge in [-0.3, -0.25) is 0 Å². The van der Waals surface area contributed by atoms with Crippen LogP contribution in [0.2, 0.25) is 0 Å². The maximum absolute atomic E-state index is 15.2. The summed E-state index contributed by atoms with van der Waals surface area (Å²) < 4.78 is 53.5. The molecule has 3 aromatic rings. The largest absolute Gasteiger partial charge is 0.368 e.